The van der Waals surface area contributed by atoms with Crippen LogP contribution in [-0.4, -0.2) is 51.6 Å². The van der Waals surface area contributed by atoms with Gasteiger partial charge in [-0.15, -0.1) is 0 Å². The first-order valence-corrected chi connectivity index (χ1v) is 11.3. The Kier molecular flexibility index (Phi) is 6.31. The Balaban J connectivity index is 1.53. The van der Waals surface area contributed by atoms with E-state index < -0.39 is 5.41 Å². The van der Waals surface area contributed by atoms with Crippen molar-refractivity contribution in [1.29, 1.82) is 0 Å². The lowest BCUT2D eigenvalue weighted by molar-refractivity contribution is -0.133. The van der Waals surface area contributed by atoms with Crippen LogP contribution < -0.4 is 5.32 Å². The molecule has 2 aromatic carbocycles. The Morgan fingerprint density at radius 1 is 1.06 bits per heavy atom. The zero-order valence-corrected chi connectivity index (χ0v) is 19.8. The summed E-state index contributed by atoms with van der Waals surface area (Å²) in [6, 6.07) is 16.8. The van der Waals surface area contributed by atoms with Gasteiger partial charge in [-0.25, -0.2) is 9.67 Å². The van der Waals surface area contributed by atoms with Crippen LogP contribution in [0.5, 0.6) is 0 Å². The van der Waals surface area contributed by atoms with E-state index >= 15 is 0 Å². The molecule has 1 aliphatic rings. The van der Waals surface area contributed by atoms with Gasteiger partial charge in [-0.2, -0.15) is 5.10 Å². The lowest BCUT2D eigenvalue weighted by atomic mass is 9.79. The van der Waals surface area contributed by atoms with E-state index in [1.807, 2.05) is 19.9 Å². The van der Waals surface area contributed by atoms with Crippen LogP contribution in [0.3, 0.4) is 0 Å². The van der Waals surface area contributed by atoms with Crippen molar-refractivity contribution in [3.63, 3.8) is 0 Å². The number of amides is 2. The number of carbonyl (C=O) groups is 2. The molecule has 0 saturated carbocycles. The Bertz CT molecular complexity index is 1170. The fraction of sp³-hybridized carbons (Fsp3) is 0.385. The number of hydrogen-bond acceptors (Lipinski definition) is 4. The van der Waals surface area contributed by atoms with Crippen LogP contribution in [0.4, 0.5) is 0 Å². The molecule has 1 aliphatic heterocycles. The Labute approximate surface area is 194 Å². The summed E-state index contributed by atoms with van der Waals surface area (Å²) in [4.78, 5) is 32.1. The molecule has 172 valence electrons. The molecule has 1 saturated heterocycles. The van der Waals surface area contributed by atoms with Crippen LogP contribution in [0.2, 0.25) is 0 Å². The molecule has 1 fully saturated rings. The standard InChI is InChI=1S/C26H31N5O2/c1-18-8-10-22(11-9-18)23-7-5-6-21(14-23)15-26(25(33)27-4)12-13-30(17-26)24(32)16-31-20(3)28-19(2)29-31/h5-11,14H,12-13,15-17H2,1-4H3,(H,27,33)/t26-/m0/s1. The van der Waals surface area contributed by atoms with E-state index in [1.54, 1.807) is 16.6 Å². The van der Waals surface area contributed by atoms with Gasteiger partial charge in [0.25, 0.3) is 0 Å². The van der Waals surface area contributed by atoms with E-state index in [4.69, 9.17) is 0 Å². The van der Waals surface area contributed by atoms with Gasteiger partial charge in [0.05, 0.1) is 5.41 Å². The third-order valence-electron chi connectivity index (χ3n) is 6.52. The minimum atomic E-state index is -0.649. The first-order valence-electron chi connectivity index (χ1n) is 11.3. The Hall–Kier alpha value is -3.48. The average molecular weight is 446 g/mol. The average Bonchev–Trinajstić information content (AvgIpc) is 3.37. The van der Waals surface area contributed by atoms with Crippen molar-refractivity contribution in [3.8, 4) is 11.1 Å². The maximum Gasteiger partial charge on any atom is 0.244 e. The van der Waals surface area contributed by atoms with Crippen LogP contribution in [-0.2, 0) is 22.6 Å². The largest absolute Gasteiger partial charge is 0.359 e. The van der Waals surface area contributed by atoms with E-state index in [-0.39, 0.29) is 18.4 Å². The summed E-state index contributed by atoms with van der Waals surface area (Å²) in [6.07, 6.45) is 1.21. The highest BCUT2D eigenvalue weighted by molar-refractivity contribution is 5.85. The normalized spacial score (nSPS) is 17.9. The van der Waals surface area contributed by atoms with Crippen molar-refractivity contribution in [2.45, 2.75) is 40.2 Å². The summed E-state index contributed by atoms with van der Waals surface area (Å²) >= 11 is 0. The van der Waals surface area contributed by atoms with E-state index in [1.165, 1.54) is 5.56 Å². The summed E-state index contributed by atoms with van der Waals surface area (Å²) < 4.78 is 1.63. The number of nitrogens with zero attached hydrogens (tertiary/aromatic N) is 4. The summed E-state index contributed by atoms with van der Waals surface area (Å²) in [5.74, 6) is 1.30. The van der Waals surface area contributed by atoms with E-state index in [0.29, 0.717) is 37.6 Å². The van der Waals surface area contributed by atoms with Crippen LogP contribution in [0, 0.1) is 26.2 Å². The molecule has 0 bridgehead atoms. The fourth-order valence-corrected chi connectivity index (χ4v) is 4.70. The van der Waals surface area contributed by atoms with Gasteiger partial charge in [0.15, 0.2) is 0 Å². The zero-order chi connectivity index (χ0) is 23.6. The van der Waals surface area contributed by atoms with Gasteiger partial charge in [0.2, 0.25) is 11.8 Å². The third kappa shape index (κ3) is 4.82. The predicted octanol–water partition coefficient (Wildman–Crippen LogP) is 3.08. The second kappa shape index (κ2) is 9.17. The minimum absolute atomic E-state index is 0.0219. The van der Waals surface area contributed by atoms with Crippen LogP contribution in [0.25, 0.3) is 11.1 Å². The SMILES string of the molecule is CNC(=O)[C@]1(Cc2cccc(-c3ccc(C)cc3)c2)CCN(C(=O)Cn2nc(C)nc2C)C1. The van der Waals surface area contributed by atoms with Crippen LogP contribution >= 0.6 is 0 Å². The van der Waals surface area contributed by atoms with E-state index in [0.717, 1.165) is 16.7 Å². The summed E-state index contributed by atoms with van der Waals surface area (Å²) in [7, 11) is 1.67. The number of benzene rings is 2. The van der Waals surface area contributed by atoms with Gasteiger partial charge in [0.1, 0.15) is 18.2 Å². The van der Waals surface area contributed by atoms with Crippen LogP contribution in [0.1, 0.15) is 29.2 Å². The highest BCUT2D eigenvalue weighted by Crippen LogP contribution is 2.36. The summed E-state index contributed by atoms with van der Waals surface area (Å²) in [5, 5.41) is 7.14. The first kappa shape index (κ1) is 22.7. The smallest absolute Gasteiger partial charge is 0.244 e. The maximum atomic E-state index is 13.0. The Morgan fingerprint density at radius 3 is 2.48 bits per heavy atom. The van der Waals surface area contributed by atoms with Crippen LogP contribution in [0.15, 0.2) is 48.5 Å². The molecule has 0 aliphatic carbocycles. The van der Waals surface area contributed by atoms with Gasteiger partial charge >= 0.3 is 0 Å². The molecule has 3 aromatic rings. The topological polar surface area (TPSA) is 80.1 Å². The van der Waals surface area contributed by atoms with Gasteiger partial charge < -0.3 is 10.2 Å². The highest BCUT2D eigenvalue weighted by atomic mass is 16.2. The molecule has 2 heterocycles. The van der Waals surface area contributed by atoms with Crippen molar-refractivity contribution in [1.82, 2.24) is 25.0 Å². The van der Waals surface area contributed by atoms with Gasteiger partial charge in [0, 0.05) is 20.1 Å². The maximum absolute atomic E-state index is 13.0. The molecular weight excluding hydrogens is 414 g/mol. The lowest BCUT2D eigenvalue weighted by Gasteiger charge is -2.28. The molecule has 0 spiro atoms. The van der Waals surface area contributed by atoms with Gasteiger partial charge in [-0.05, 0) is 50.3 Å². The van der Waals surface area contributed by atoms with E-state index in [9.17, 15) is 9.59 Å². The quantitative estimate of drug-likeness (QED) is 0.632. The molecular formula is C26H31N5O2. The van der Waals surface area contributed by atoms with Crippen molar-refractivity contribution in [3.05, 3.63) is 71.3 Å². The minimum Gasteiger partial charge on any atom is -0.359 e. The molecule has 0 unspecified atom stereocenters. The molecule has 2 amide bonds. The van der Waals surface area contributed by atoms with Crippen molar-refractivity contribution < 1.29 is 9.59 Å². The second-order valence-electron chi connectivity index (χ2n) is 9.03. The monoisotopic (exact) mass is 445 g/mol. The number of rotatable bonds is 6. The predicted molar refractivity (Wildman–Crippen MR) is 128 cm³/mol. The lowest BCUT2D eigenvalue weighted by Crippen LogP contribution is -2.44. The third-order valence-corrected chi connectivity index (χ3v) is 6.52. The first-order chi connectivity index (χ1) is 15.8. The number of aromatic nitrogens is 3. The van der Waals surface area contributed by atoms with Crippen molar-refractivity contribution >= 4 is 11.8 Å². The molecule has 1 aromatic heterocycles. The second-order valence-corrected chi connectivity index (χ2v) is 9.03. The Morgan fingerprint density at radius 2 is 1.82 bits per heavy atom. The van der Waals surface area contributed by atoms with Crippen molar-refractivity contribution in [2.24, 2.45) is 5.41 Å². The fourth-order valence-electron chi connectivity index (χ4n) is 4.70. The number of carbonyl (C=O) groups excluding carboxylic acids is 2. The number of aryl methyl sites for hydroxylation is 3. The number of nitrogens with one attached hydrogen (secondary N) is 1. The summed E-state index contributed by atoms with van der Waals surface area (Å²) in [6.45, 7) is 6.81. The molecule has 1 N–H and O–H groups in total. The molecule has 33 heavy (non-hydrogen) atoms. The highest BCUT2D eigenvalue weighted by Gasteiger charge is 2.45. The van der Waals surface area contributed by atoms with Crippen molar-refractivity contribution in [2.75, 3.05) is 20.1 Å². The zero-order valence-electron chi connectivity index (χ0n) is 19.8. The van der Waals surface area contributed by atoms with E-state index in [2.05, 4.69) is 64.8 Å². The molecule has 7 heteroatoms. The molecule has 1 atom stereocenters. The summed E-state index contributed by atoms with van der Waals surface area (Å²) in [5.41, 5.74) is 3.94. The molecule has 4 rings (SSSR count). The molecule has 0 radical (unpaired) electrons. The van der Waals surface area contributed by atoms with Gasteiger partial charge in [-0.3, -0.25) is 9.59 Å². The number of likely N-dealkylation sites (tertiary alicyclic amines) is 1. The number of hydrogen-bond donors (Lipinski definition) is 1. The molecule has 7 nitrogen and oxygen atoms in total. The van der Waals surface area contributed by atoms with Gasteiger partial charge in [-0.1, -0.05) is 54.1 Å².